The zero-order valence-corrected chi connectivity index (χ0v) is 18.2. The maximum Gasteiger partial charge on any atom is 0.343 e. The molecule has 0 unspecified atom stereocenters. The molecular formula is C25H20ClN3O4. The third kappa shape index (κ3) is 5.05. The minimum atomic E-state index is -0.539. The van der Waals surface area contributed by atoms with E-state index < -0.39 is 17.8 Å². The number of nitrogen functional groups attached to an aromatic ring is 1. The molecule has 0 bridgehead atoms. The topological polar surface area (TPSA) is 102 Å². The van der Waals surface area contributed by atoms with Crippen LogP contribution in [0.15, 0.2) is 89.6 Å². The number of hydrogen-bond donors (Lipinski definition) is 2. The first kappa shape index (κ1) is 22.1. The molecule has 1 aliphatic rings. The second-order valence-corrected chi connectivity index (χ2v) is 7.73. The van der Waals surface area contributed by atoms with Crippen LogP contribution in [0.3, 0.4) is 0 Å². The SMILES string of the molecule is Nc1ccc(OC(=O)c2ccc(NC3=C(Cl)C(=O)N(CCc4ccccc4)C3=O)cc2)cc1. The highest BCUT2D eigenvalue weighted by molar-refractivity contribution is 6.48. The van der Waals surface area contributed by atoms with E-state index in [2.05, 4.69) is 5.32 Å². The molecule has 3 aromatic carbocycles. The average Bonchev–Trinajstić information content (AvgIpc) is 3.03. The van der Waals surface area contributed by atoms with Crippen LogP contribution in [0.1, 0.15) is 15.9 Å². The van der Waals surface area contributed by atoms with Gasteiger partial charge < -0.3 is 15.8 Å². The van der Waals surface area contributed by atoms with Crippen LogP contribution in [0.4, 0.5) is 11.4 Å². The van der Waals surface area contributed by atoms with Gasteiger partial charge in [-0.2, -0.15) is 0 Å². The number of imide groups is 1. The van der Waals surface area contributed by atoms with E-state index in [0.29, 0.717) is 29.1 Å². The van der Waals surface area contributed by atoms with Gasteiger partial charge in [-0.25, -0.2) is 4.79 Å². The monoisotopic (exact) mass is 461 g/mol. The number of carbonyl (C=O) groups excluding carboxylic acids is 3. The first-order chi connectivity index (χ1) is 15.9. The van der Waals surface area contributed by atoms with Crippen molar-refractivity contribution in [1.82, 2.24) is 4.90 Å². The van der Waals surface area contributed by atoms with Crippen molar-refractivity contribution in [2.24, 2.45) is 0 Å². The van der Waals surface area contributed by atoms with Crippen molar-refractivity contribution < 1.29 is 19.1 Å². The summed E-state index contributed by atoms with van der Waals surface area (Å²) in [5.74, 6) is -1.20. The molecule has 0 atom stereocenters. The van der Waals surface area contributed by atoms with Crippen molar-refractivity contribution in [1.29, 1.82) is 0 Å². The number of halogens is 1. The summed E-state index contributed by atoms with van der Waals surface area (Å²) in [5, 5.41) is 2.72. The van der Waals surface area contributed by atoms with Gasteiger partial charge in [-0.15, -0.1) is 0 Å². The number of nitrogens with two attached hydrogens (primary N) is 1. The summed E-state index contributed by atoms with van der Waals surface area (Å²) >= 11 is 6.16. The average molecular weight is 462 g/mol. The van der Waals surface area contributed by atoms with Gasteiger partial charge >= 0.3 is 5.97 Å². The molecule has 3 N–H and O–H groups in total. The third-order valence-electron chi connectivity index (χ3n) is 5.06. The highest BCUT2D eigenvalue weighted by Gasteiger charge is 2.37. The molecule has 7 nitrogen and oxygen atoms in total. The van der Waals surface area contributed by atoms with Crippen LogP contribution < -0.4 is 15.8 Å². The number of ether oxygens (including phenoxy) is 1. The zero-order chi connectivity index (χ0) is 23.4. The summed E-state index contributed by atoms with van der Waals surface area (Å²) < 4.78 is 5.30. The number of esters is 1. The highest BCUT2D eigenvalue weighted by atomic mass is 35.5. The normalized spacial score (nSPS) is 13.4. The summed E-state index contributed by atoms with van der Waals surface area (Å²) in [6, 6.07) is 22.3. The first-order valence-electron chi connectivity index (χ1n) is 10.2. The lowest BCUT2D eigenvalue weighted by Gasteiger charge is -2.15. The molecule has 0 saturated heterocycles. The lowest BCUT2D eigenvalue weighted by atomic mass is 10.1. The summed E-state index contributed by atoms with van der Waals surface area (Å²) in [5.41, 5.74) is 8.02. The number of amides is 2. The standard InChI is InChI=1S/C25H20ClN3O4/c26-21-22(24(31)29(23(21)30)15-14-16-4-2-1-3-5-16)28-19-10-6-17(7-11-19)25(32)33-20-12-8-18(27)9-13-20/h1-13,28H,14-15,27H2. The van der Waals surface area contributed by atoms with E-state index in [4.69, 9.17) is 22.1 Å². The Morgan fingerprint density at radius 2 is 1.58 bits per heavy atom. The third-order valence-corrected chi connectivity index (χ3v) is 5.41. The van der Waals surface area contributed by atoms with Crippen LogP contribution in [0.5, 0.6) is 5.75 Å². The molecule has 1 aliphatic heterocycles. The van der Waals surface area contributed by atoms with Gasteiger partial charge in [-0.05, 0) is 60.5 Å². The summed E-state index contributed by atoms with van der Waals surface area (Å²) in [6.45, 7) is 0.221. The number of nitrogens with one attached hydrogen (secondary N) is 1. The van der Waals surface area contributed by atoms with E-state index in [0.717, 1.165) is 10.5 Å². The molecular weight excluding hydrogens is 442 g/mol. The second-order valence-electron chi connectivity index (χ2n) is 7.35. The van der Waals surface area contributed by atoms with Crippen molar-refractivity contribution in [3.8, 4) is 5.75 Å². The summed E-state index contributed by atoms with van der Waals surface area (Å²) in [4.78, 5) is 38.7. The van der Waals surface area contributed by atoms with Gasteiger partial charge in [0.05, 0.1) is 5.56 Å². The number of anilines is 2. The van der Waals surface area contributed by atoms with Gasteiger partial charge in [-0.1, -0.05) is 41.9 Å². The van der Waals surface area contributed by atoms with Gasteiger partial charge in [0, 0.05) is 17.9 Å². The predicted octanol–water partition coefficient (Wildman–Crippen LogP) is 3.96. The van der Waals surface area contributed by atoms with Crippen LogP contribution >= 0.6 is 11.6 Å². The number of benzene rings is 3. The Kier molecular flexibility index (Phi) is 6.42. The van der Waals surface area contributed by atoms with Crippen molar-refractivity contribution in [2.45, 2.75) is 6.42 Å². The van der Waals surface area contributed by atoms with Crippen LogP contribution in [-0.4, -0.2) is 29.2 Å². The molecule has 8 heteroatoms. The van der Waals surface area contributed by atoms with E-state index in [9.17, 15) is 14.4 Å². The fourth-order valence-electron chi connectivity index (χ4n) is 3.28. The number of nitrogens with zero attached hydrogens (tertiary/aromatic N) is 1. The molecule has 3 aromatic rings. The fourth-order valence-corrected chi connectivity index (χ4v) is 3.51. The van der Waals surface area contributed by atoms with Gasteiger partial charge in [0.15, 0.2) is 0 Å². The molecule has 0 aliphatic carbocycles. The molecule has 0 spiro atoms. The largest absolute Gasteiger partial charge is 0.423 e. The molecule has 0 aromatic heterocycles. The Hall–Kier alpha value is -4.10. The van der Waals surface area contributed by atoms with Gasteiger partial charge in [0.2, 0.25) is 0 Å². The van der Waals surface area contributed by atoms with Crippen molar-refractivity contribution in [2.75, 3.05) is 17.6 Å². The fraction of sp³-hybridized carbons (Fsp3) is 0.0800. The maximum atomic E-state index is 12.8. The van der Waals surface area contributed by atoms with Crippen LogP contribution in [0.2, 0.25) is 0 Å². The van der Waals surface area contributed by atoms with E-state index in [1.165, 1.54) is 0 Å². The molecule has 0 fully saturated rings. The maximum absolute atomic E-state index is 12.8. The lowest BCUT2D eigenvalue weighted by Crippen LogP contribution is -2.34. The minimum Gasteiger partial charge on any atom is -0.423 e. The number of rotatable bonds is 7. The van der Waals surface area contributed by atoms with Crippen molar-refractivity contribution in [3.05, 3.63) is 101 Å². The molecule has 4 rings (SSSR count). The molecule has 0 saturated carbocycles. The Morgan fingerprint density at radius 1 is 0.909 bits per heavy atom. The van der Waals surface area contributed by atoms with E-state index in [-0.39, 0.29) is 17.3 Å². The van der Waals surface area contributed by atoms with Crippen molar-refractivity contribution >= 4 is 40.8 Å². The smallest absolute Gasteiger partial charge is 0.343 e. The molecule has 33 heavy (non-hydrogen) atoms. The number of hydrogen-bond acceptors (Lipinski definition) is 6. The van der Waals surface area contributed by atoms with E-state index in [1.807, 2.05) is 30.3 Å². The Balaban J connectivity index is 1.39. The van der Waals surface area contributed by atoms with Gasteiger partial charge in [0.1, 0.15) is 16.5 Å². The predicted molar refractivity (Wildman–Crippen MR) is 126 cm³/mol. The quantitative estimate of drug-likeness (QED) is 0.239. The Labute approximate surface area is 195 Å². The molecule has 0 radical (unpaired) electrons. The lowest BCUT2D eigenvalue weighted by molar-refractivity contribution is -0.137. The Bertz CT molecular complexity index is 1220. The van der Waals surface area contributed by atoms with Gasteiger partial charge in [0.25, 0.3) is 11.8 Å². The Morgan fingerprint density at radius 3 is 2.24 bits per heavy atom. The van der Waals surface area contributed by atoms with Crippen LogP contribution in [0.25, 0.3) is 0 Å². The minimum absolute atomic E-state index is 0.00642. The molecule has 166 valence electrons. The second kappa shape index (κ2) is 9.58. The van der Waals surface area contributed by atoms with Crippen LogP contribution in [-0.2, 0) is 16.0 Å². The molecule has 1 heterocycles. The van der Waals surface area contributed by atoms with Crippen molar-refractivity contribution in [3.63, 3.8) is 0 Å². The van der Waals surface area contributed by atoms with Crippen LogP contribution in [0, 0.1) is 0 Å². The van der Waals surface area contributed by atoms with E-state index in [1.54, 1.807) is 48.5 Å². The zero-order valence-electron chi connectivity index (χ0n) is 17.5. The number of carbonyl (C=O) groups is 3. The highest BCUT2D eigenvalue weighted by Crippen LogP contribution is 2.26. The summed E-state index contributed by atoms with van der Waals surface area (Å²) in [7, 11) is 0. The summed E-state index contributed by atoms with van der Waals surface area (Å²) in [6.07, 6.45) is 0.528. The molecule has 2 amide bonds. The van der Waals surface area contributed by atoms with E-state index >= 15 is 0 Å². The first-order valence-corrected chi connectivity index (χ1v) is 10.5. The van der Waals surface area contributed by atoms with Gasteiger partial charge in [-0.3, -0.25) is 14.5 Å².